The van der Waals surface area contributed by atoms with Crippen molar-refractivity contribution in [2.45, 2.75) is 42.5 Å². The number of rotatable bonds is 9. The van der Waals surface area contributed by atoms with Gasteiger partial charge in [0, 0.05) is 19.7 Å². The molecule has 9 heteroatoms. The van der Waals surface area contributed by atoms with Crippen molar-refractivity contribution in [2.75, 3.05) is 20.3 Å². The fourth-order valence-corrected chi connectivity index (χ4v) is 4.58. The van der Waals surface area contributed by atoms with Crippen molar-refractivity contribution >= 4 is 20.0 Å². The Morgan fingerprint density at radius 3 is 1.91 bits per heavy atom. The van der Waals surface area contributed by atoms with Gasteiger partial charge in [0.1, 0.15) is 0 Å². The third kappa shape index (κ3) is 4.98. The number of primary sulfonamides is 1. The van der Waals surface area contributed by atoms with E-state index in [0.717, 1.165) is 0 Å². The molecule has 0 aliphatic rings. The summed E-state index contributed by atoms with van der Waals surface area (Å²) < 4.78 is 54.6. The van der Waals surface area contributed by atoms with E-state index in [1.165, 1.54) is 35.7 Å². The number of hydrogen-bond acceptors (Lipinski definition) is 5. The maximum Gasteiger partial charge on any atom is 0.243 e. The lowest BCUT2D eigenvalue weighted by atomic mass is 10.2. The van der Waals surface area contributed by atoms with Crippen molar-refractivity contribution in [3.63, 3.8) is 0 Å². The Morgan fingerprint density at radius 2 is 1.52 bits per heavy atom. The van der Waals surface area contributed by atoms with Crippen LogP contribution in [0.5, 0.6) is 0 Å². The molecule has 0 saturated carbocycles. The van der Waals surface area contributed by atoms with Gasteiger partial charge < -0.3 is 4.74 Å². The van der Waals surface area contributed by atoms with E-state index in [-0.39, 0.29) is 29.0 Å². The lowest BCUT2D eigenvalue weighted by Gasteiger charge is -2.29. The van der Waals surface area contributed by atoms with Gasteiger partial charge in [0.05, 0.1) is 16.4 Å². The molecule has 0 aliphatic carbocycles. The molecule has 0 saturated heterocycles. The van der Waals surface area contributed by atoms with Crippen molar-refractivity contribution in [1.82, 2.24) is 4.31 Å². The van der Waals surface area contributed by atoms with Gasteiger partial charge in [-0.15, -0.1) is 0 Å². The maximum absolute atomic E-state index is 12.8. The Balaban J connectivity index is 3.23. The highest BCUT2D eigenvalue weighted by Gasteiger charge is 2.29. The monoisotopic (exact) mass is 364 g/mol. The molecule has 7 nitrogen and oxygen atoms in total. The lowest BCUT2D eigenvalue weighted by Crippen LogP contribution is -2.41. The van der Waals surface area contributed by atoms with E-state index >= 15 is 0 Å². The molecule has 1 aromatic rings. The predicted octanol–water partition coefficient (Wildman–Crippen LogP) is 1.16. The lowest BCUT2D eigenvalue weighted by molar-refractivity contribution is 0.163. The molecule has 23 heavy (non-hydrogen) atoms. The van der Waals surface area contributed by atoms with Gasteiger partial charge >= 0.3 is 0 Å². The van der Waals surface area contributed by atoms with Crippen LogP contribution in [0.1, 0.15) is 26.7 Å². The number of ether oxygens (including phenoxy) is 1. The zero-order valence-electron chi connectivity index (χ0n) is 13.6. The quantitative estimate of drug-likeness (QED) is 0.707. The van der Waals surface area contributed by atoms with Gasteiger partial charge in [-0.1, -0.05) is 13.8 Å². The molecule has 0 unspecified atom stereocenters. The first-order valence-corrected chi connectivity index (χ1v) is 10.3. The van der Waals surface area contributed by atoms with Crippen LogP contribution < -0.4 is 5.14 Å². The van der Waals surface area contributed by atoms with Crippen molar-refractivity contribution < 1.29 is 21.6 Å². The first kappa shape index (κ1) is 20.0. The zero-order chi connectivity index (χ0) is 17.7. The second kappa shape index (κ2) is 8.20. The smallest absolute Gasteiger partial charge is 0.243 e. The summed E-state index contributed by atoms with van der Waals surface area (Å²) in [6.07, 6.45) is 1.35. The highest BCUT2D eigenvalue weighted by atomic mass is 32.2. The largest absolute Gasteiger partial charge is 0.383 e. The van der Waals surface area contributed by atoms with E-state index in [9.17, 15) is 16.8 Å². The highest BCUT2D eigenvalue weighted by Crippen LogP contribution is 2.22. The molecule has 1 aromatic carbocycles. The van der Waals surface area contributed by atoms with Crippen LogP contribution in [0.3, 0.4) is 0 Å². The average Bonchev–Trinajstić information content (AvgIpc) is 2.50. The van der Waals surface area contributed by atoms with Crippen LogP contribution in [0.15, 0.2) is 34.1 Å². The summed E-state index contributed by atoms with van der Waals surface area (Å²) in [6, 6.07) is 4.77. The van der Waals surface area contributed by atoms with Crippen LogP contribution in [0.2, 0.25) is 0 Å². The molecule has 0 radical (unpaired) electrons. The molecule has 2 N–H and O–H groups in total. The summed E-state index contributed by atoms with van der Waals surface area (Å²) in [5.41, 5.74) is 0. The molecule has 0 amide bonds. The Morgan fingerprint density at radius 1 is 1.04 bits per heavy atom. The van der Waals surface area contributed by atoms with Gasteiger partial charge in [-0.2, -0.15) is 4.31 Å². The zero-order valence-corrected chi connectivity index (χ0v) is 15.2. The molecule has 132 valence electrons. The van der Waals surface area contributed by atoms with E-state index in [4.69, 9.17) is 9.88 Å². The number of sulfonamides is 2. The van der Waals surface area contributed by atoms with Gasteiger partial charge in [0.25, 0.3) is 0 Å². The van der Waals surface area contributed by atoms with Crippen LogP contribution in [0.25, 0.3) is 0 Å². The molecule has 0 atom stereocenters. The van der Waals surface area contributed by atoms with Gasteiger partial charge in [-0.3, -0.25) is 0 Å². The minimum Gasteiger partial charge on any atom is -0.383 e. The minimum atomic E-state index is -3.85. The van der Waals surface area contributed by atoms with Crippen molar-refractivity contribution in [1.29, 1.82) is 0 Å². The normalized spacial score (nSPS) is 13.0. The fraction of sp³-hybridized carbons (Fsp3) is 0.571. The van der Waals surface area contributed by atoms with Crippen molar-refractivity contribution in [3.8, 4) is 0 Å². The first-order chi connectivity index (χ1) is 10.7. The third-order valence-corrected chi connectivity index (χ3v) is 6.52. The first-order valence-electron chi connectivity index (χ1n) is 7.32. The summed E-state index contributed by atoms with van der Waals surface area (Å²) in [6.45, 7) is 4.37. The molecule has 0 fully saturated rings. The summed E-state index contributed by atoms with van der Waals surface area (Å²) >= 11 is 0. The van der Waals surface area contributed by atoms with Crippen LogP contribution in [-0.4, -0.2) is 47.4 Å². The van der Waals surface area contributed by atoms with E-state index < -0.39 is 20.0 Å². The van der Waals surface area contributed by atoms with Crippen LogP contribution in [-0.2, 0) is 24.8 Å². The molecular weight excluding hydrogens is 340 g/mol. The standard InChI is InChI=1S/C14H24N2O5S2/c1-4-12(5-2)16(10-11-21-3)23(19,20)14-8-6-13(7-9-14)22(15,17)18/h6-9,12H,4-5,10-11H2,1-3H3,(H2,15,17,18). The molecule has 1 rings (SSSR count). The number of methoxy groups -OCH3 is 1. The van der Waals surface area contributed by atoms with Gasteiger partial charge in [0.2, 0.25) is 20.0 Å². The van der Waals surface area contributed by atoms with Crippen LogP contribution >= 0.6 is 0 Å². The second-order valence-corrected chi connectivity index (χ2v) is 8.55. The summed E-state index contributed by atoms with van der Waals surface area (Å²) in [7, 11) is -6.08. The Kier molecular flexibility index (Phi) is 7.15. The molecule has 0 aliphatic heterocycles. The Labute approximate surface area is 138 Å². The van der Waals surface area contributed by atoms with Crippen molar-refractivity contribution in [3.05, 3.63) is 24.3 Å². The van der Waals surface area contributed by atoms with E-state index in [2.05, 4.69) is 0 Å². The van der Waals surface area contributed by atoms with Crippen LogP contribution in [0, 0.1) is 0 Å². The maximum atomic E-state index is 12.8. The van der Waals surface area contributed by atoms with Gasteiger partial charge in [0.15, 0.2) is 0 Å². The average molecular weight is 364 g/mol. The second-order valence-electron chi connectivity index (χ2n) is 5.10. The number of benzene rings is 1. The predicted molar refractivity (Wildman–Crippen MR) is 88.0 cm³/mol. The van der Waals surface area contributed by atoms with E-state index in [0.29, 0.717) is 12.8 Å². The summed E-state index contributed by atoms with van der Waals surface area (Å²) in [5.74, 6) is 0. The number of hydrogen-bond donors (Lipinski definition) is 1. The fourth-order valence-electron chi connectivity index (χ4n) is 2.31. The Hall–Kier alpha value is -1.00. The Bertz CT molecular complexity index is 695. The number of nitrogens with two attached hydrogens (primary N) is 1. The van der Waals surface area contributed by atoms with Gasteiger partial charge in [-0.25, -0.2) is 22.0 Å². The van der Waals surface area contributed by atoms with E-state index in [1.807, 2.05) is 13.8 Å². The molecule has 0 heterocycles. The molecule has 0 bridgehead atoms. The summed E-state index contributed by atoms with van der Waals surface area (Å²) in [5, 5.41) is 5.03. The van der Waals surface area contributed by atoms with Gasteiger partial charge in [-0.05, 0) is 37.1 Å². The topological polar surface area (TPSA) is 107 Å². The van der Waals surface area contributed by atoms with Crippen LogP contribution in [0.4, 0.5) is 0 Å². The minimum absolute atomic E-state index is 0.0351. The summed E-state index contributed by atoms with van der Waals surface area (Å²) in [4.78, 5) is -0.0877. The molecule has 0 aromatic heterocycles. The van der Waals surface area contributed by atoms with Crippen molar-refractivity contribution in [2.24, 2.45) is 5.14 Å². The third-order valence-electron chi connectivity index (χ3n) is 3.62. The number of nitrogens with zero attached hydrogens (tertiary/aromatic N) is 1. The molecule has 0 spiro atoms. The van der Waals surface area contributed by atoms with E-state index in [1.54, 1.807) is 0 Å². The SMILES string of the molecule is CCC(CC)N(CCOC)S(=O)(=O)c1ccc(S(N)(=O)=O)cc1. The molecular formula is C14H24N2O5S2. The highest BCUT2D eigenvalue weighted by molar-refractivity contribution is 7.89.